The van der Waals surface area contributed by atoms with Crippen molar-refractivity contribution in [2.75, 3.05) is 12.4 Å². The molecule has 1 atom stereocenters. The fourth-order valence-electron chi connectivity index (χ4n) is 1.40. The molecule has 2 rings (SSSR count). The third-order valence-corrected chi connectivity index (χ3v) is 4.02. The Hall–Kier alpha value is -0.470. The summed E-state index contributed by atoms with van der Waals surface area (Å²) in [6.45, 7) is 7.40. The maximum absolute atomic E-state index is 5.36. The molecule has 1 nitrogen and oxygen atoms in total. The van der Waals surface area contributed by atoms with Gasteiger partial charge in [0.1, 0.15) is 0 Å². The van der Waals surface area contributed by atoms with E-state index < -0.39 is 0 Å². The average molecular weight is 208 g/mol. The molecule has 0 radical (unpaired) electrons. The Kier molecular flexibility index (Phi) is 2.58. The van der Waals surface area contributed by atoms with Gasteiger partial charge in [-0.3, -0.25) is 0 Å². The summed E-state index contributed by atoms with van der Waals surface area (Å²) in [7, 11) is 0. The smallest absolute Gasteiger partial charge is 0.0981 e. The zero-order valence-electron chi connectivity index (χ0n) is 8.96. The van der Waals surface area contributed by atoms with E-state index in [1.165, 1.54) is 16.0 Å². The van der Waals surface area contributed by atoms with Crippen LogP contribution in [0.2, 0.25) is 0 Å². The Balaban J connectivity index is 2.02. The van der Waals surface area contributed by atoms with Gasteiger partial charge < -0.3 is 4.74 Å². The van der Waals surface area contributed by atoms with Gasteiger partial charge in [-0.25, -0.2) is 0 Å². The summed E-state index contributed by atoms with van der Waals surface area (Å²) in [4.78, 5) is 1.38. The third kappa shape index (κ3) is 2.31. The summed E-state index contributed by atoms with van der Waals surface area (Å²) in [6, 6.07) is 6.62. The summed E-state index contributed by atoms with van der Waals surface area (Å²) < 4.78 is 5.36. The zero-order valence-corrected chi connectivity index (χ0v) is 9.78. The highest BCUT2D eigenvalue weighted by molar-refractivity contribution is 7.99. The molecule has 1 aromatic carbocycles. The largest absolute Gasteiger partial charge is 0.369 e. The first-order chi connectivity index (χ1) is 6.59. The van der Waals surface area contributed by atoms with Crippen molar-refractivity contribution in [2.24, 2.45) is 0 Å². The number of rotatable bonds is 3. The first kappa shape index (κ1) is 10.1. The molecule has 1 aromatic rings. The lowest BCUT2D eigenvalue weighted by molar-refractivity contribution is 0.348. The number of thioether (sulfide) groups is 1. The Morgan fingerprint density at radius 3 is 2.71 bits per heavy atom. The molecule has 0 aliphatic carbocycles. The van der Waals surface area contributed by atoms with Crippen LogP contribution in [0.3, 0.4) is 0 Å². The van der Waals surface area contributed by atoms with Gasteiger partial charge in [0.25, 0.3) is 0 Å². The van der Waals surface area contributed by atoms with E-state index >= 15 is 0 Å². The molecule has 14 heavy (non-hydrogen) atoms. The summed E-state index contributed by atoms with van der Waals surface area (Å²) in [5.41, 5.74) is 2.86. The van der Waals surface area contributed by atoms with Gasteiger partial charge in [0.2, 0.25) is 0 Å². The molecule has 0 aromatic heterocycles. The first-order valence-electron chi connectivity index (χ1n) is 4.93. The number of aryl methyl sites for hydroxylation is 2. The van der Waals surface area contributed by atoms with Crippen molar-refractivity contribution in [1.82, 2.24) is 0 Å². The number of ether oxygens (including phenoxy) is 1. The van der Waals surface area contributed by atoms with Gasteiger partial charge in [0.05, 0.1) is 12.2 Å². The van der Waals surface area contributed by atoms with E-state index in [-0.39, 0.29) is 5.60 Å². The summed E-state index contributed by atoms with van der Waals surface area (Å²) in [5.74, 6) is 1.07. The number of epoxide rings is 1. The van der Waals surface area contributed by atoms with Crippen molar-refractivity contribution < 1.29 is 4.74 Å². The maximum Gasteiger partial charge on any atom is 0.0981 e. The quantitative estimate of drug-likeness (QED) is 0.559. The minimum Gasteiger partial charge on any atom is -0.369 e. The molecular weight excluding hydrogens is 192 g/mol. The topological polar surface area (TPSA) is 12.5 Å². The lowest BCUT2D eigenvalue weighted by atomic mass is 10.2. The van der Waals surface area contributed by atoms with Crippen LogP contribution in [0.5, 0.6) is 0 Å². The number of benzene rings is 1. The number of hydrogen-bond donors (Lipinski definition) is 0. The van der Waals surface area contributed by atoms with Crippen molar-refractivity contribution in [2.45, 2.75) is 31.3 Å². The molecule has 0 N–H and O–H groups in total. The molecule has 0 bridgehead atoms. The molecule has 0 amide bonds. The Morgan fingerprint density at radius 1 is 1.43 bits per heavy atom. The van der Waals surface area contributed by atoms with Crippen molar-refractivity contribution >= 4 is 11.8 Å². The van der Waals surface area contributed by atoms with Crippen LogP contribution in [-0.2, 0) is 4.74 Å². The van der Waals surface area contributed by atoms with E-state index in [4.69, 9.17) is 4.74 Å². The van der Waals surface area contributed by atoms with E-state index in [2.05, 4.69) is 39.0 Å². The predicted octanol–water partition coefficient (Wildman–Crippen LogP) is 3.18. The van der Waals surface area contributed by atoms with Crippen LogP contribution in [0, 0.1) is 13.8 Å². The second-order valence-corrected chi connectivity index (χ2v) is 5.31. The lowest BCUT2D eigenvalue weighted by Crippen LogP contribution is -2.07. The van der Waals surface area contributed by atoms with Crippen LogP contribution in [-0.4, -0.2) is 18.0 Å². The molecule has 1 saturated heterocycles. The van der Waals surface area contributed by atoms with E-state index in [9.17, 15) is 0 Å². The van der Waals surface area contributed by atoms with Crippen molar-refractivity contribution in [3.8, 4) is 0 Å². The van der Waals surface area contributed by atoms with Crippen LogP contribution in [0.15, 0.2) is 23.1 Å². The van der Waals surface area contributed by atoms with Crippen molar-refractivity contribution in [3.05, 3.63) is 29.3 Å². The summed E-state index contributed by atoms with van der Waals surface area (Å²) in [6.07, 6.45) is 0. The SMILES string of the molecule is Cc1ccc(SCC2(C)CO2)c(C)c1. The number of hydrogen-bond acceptors (Lipinski definition) is 2. The Morgan fingerprint density at radius 2 is 2.14 bits per heavy atom. The Bertz CT molecular complexity index is 342. The van der Waals surface area contributed by atoms with Gasteiger partial charge in [-0.1, -0.05) is 17.7 Å². The normalized spacial score (nSPS) is 25.1. The highest BCUT2D eigenvalue weighted by atomic mass is 32.2. The summed E-state index contributed by atoms with van der Waals surface area (Å²) >= 11 is 1.90. The van der Waals surface area contributed by atoms with Crippen LogP contribution < -0.4 is 0 Å². The van der Waals surface area contributed by atoms with Crippen LogP contribution in [0.1, 0.15) is 18.1 Å². The Labute approximate surface area is 89.9 Å². The van der Waals surface area contributed by atoms with Gasteiger partial charge in [-0.2, -0.15) is 0 Å². The highest BCUT2D eigenvalue weighted by Gasteiger charge is 2.39. The molecular formula is C12H16OS. The summed E-state index contributed by atoms with van der Waals surface area (Å²) in [5, 5.41) is 0. The van der Waals surface area contributed by atoms with Gasteiger partial charge >= 0.3 is 0 Å². The molecule has 1 aliphatic heterocycles. The maximum atomic E-state index is 5.36. The fourth-order valence-corrected chi connectivity index (χ4v) is 2.48. The molecule has 1 heterocycles. The van der Waals surface area contributed by atoms with E-state index in [1.54, 1.807) is 0 Å². The molecule has 0 saturated carbocycles. The van der Waals surface area contributed by atoms with Gasteiger partial charge in [-0.05, 0) is 32.4 Å². The third-order valence-electron chi connectivity index (χ3n) is 2.50. The second kappa shape index (κ2) is 3.59. The molecule has 76 valence electrons. The van der Waals surface area contributed by atoms with Crippen molar-refractivity contribution in [3.63, 3.8) is 0 Å². The van der Waals surface area contributed by atoms with Crippen LogP contribution in [0.25, 0.3) is 0 Å². The first-order valence-corrected chi connectivity index (χ1v) is 5.92. The van der Waals surface area contributed by atoms with Crippen LogP contribution >= 0.6 is 11.8 Å². The average Bonchev–Trinajstić information content (AvgIpc) is 2.83. The minimum absolute atomic E-state index is 0.155. The van der Waals surface area contributed by atoms with Gasteiger partial charge in [0.15, 0.2) is 0 Å². The molecule has 1 fully saturated rings. The van der Waals surface area contributed by atoms with E-state index in [1.807, 2.05) is 11.8 Å². The molecule has 2 heteroatoms. The molecule has 0 spiro atoms. The van der Waals surface area contributed by atoms with E-state index in [0.29, 0.717) is 0 Å². The monoisotopic (exact) mass is 208 g/mol. The standard InChI is InChI=1S/C12H16OS/c1-9-4-5-11(10(2)6-9)14-8-12(3)7-13-12/h4-6H,7-8H2,1-3H3. The van der Waals surface area contributed by atoms with E-state index in [0.717, 1.165) is 12.4 Å². The lowest BCUT2D eigenvalue weighted by Gasteiger charge is -2.08. The van der Waals surface area contributed by atoms with Crippen LogP contribution in [0.4, 0.5) is 0 Å². The molecule has 1 unspecified atom stereocenters. The predicted molar refractivity (Wildman–Crippen MR) is 61.0 cm³/mol. The molecule has 1 aliphatic rings. The van der Waals surface area contributed by atoms with Crippen molar-refractivity contribution in [1.29, 1.82) is 0 Å². The highest BCUT2D eigenvalue weighted by Crippen LogP contribution is 2.34. The van der Waals surface area contributed by atoms with Gasteiger partial charge in [0, 0.05) is 10.6 Å². The second-order valence-electron chi connectivity index (χ2n) is 4.30. The minimum atomic E-state index is 0.155. The zero-order chi connectivity index (χ0) is 10.2. The van der Waals surface area contributed by atoms with Gasteiger partial charge in [-0.15, -0.1) is 11.8 Å². The fraction of sp³-hybridized carbons (Fsp3) is 0.500.